The highest BCUT2D eigenvalue weighted by atomic mass is 79.9. The fourth-order valence-corrected chi connectivity index (χ4v) is 3.32. The molecule has 152 valence electrons. The first-order valence-electron chi connectivity index (χ1n) is 8.76. The van der Waals surface area contributed by atoms with Crippen LogP contribution in [0.5, 0.6) is 5.88 Å². The van der Waals surface area contributed by atoms with Crippen LogP contribution in [-0.4, -0.2) is 25.9 Å². The SMILES string of the molecule is CC(Oc1cnc(Br)cn1)c1cc(-c2ccc(C(=O)OC(C)(C)C)c(F)c2)ns1. The maximum Gasteiger partial charge on any atom is 0.341 e. The van der Waals surface area contributed by atoms with E-state index in [0.29, 0.717) is 21.7 Å². The van der Waals surface area contributed by atoms with Crippen LogP contribution < -0.4 is 4.74 Å². The van der Waals surface area contributed by atoms with E-state index in [4.69, 9.17) is 9.47 Å². The Labute approximate surface area is 180 Å². The molecule has 0 fully saturated rings. The number of carbonyl (C=O) groups is 1. The fraction of sp³-hybridized carbons (Fsp3) is 0.300. The van der Waals surface area contributed by atoms with Gasteiger partial charge in [-0.15, -0.1) is 0 Å². The molecule has 2 heterocycles. The third kappa shape index (κ3) is 5.57. The summed E-state index contributed by atoms with van der Waals surface area (Å²) < 4.78 is 30.5. The van der Waals surface area contributed by atoms with Crippen molar-refractivity contribution >= 4 is 33.4 Å². The van der Waals surface area contributed by atoms with Crippen molar-refractivity contribution in [1.29, 1.82) is 0 Å². The molecule has 6 nitrogen and oxygen atoms in total. The molecule has 0 saturated carbocycles. The summed E-state index contributed by atoms with van der Waals surface area (Å²) in [5.41, 5.74) is 0.357. The first-order valence-corrected chi connectivity index (χ1v) is 10.3. The zero-order chi connectivity index (χ0) is 21.2. The van der Waals surface area contributed by atoms with Crippen LogP contribution in [0.2, 0.25) is 0 Å². The van der Waals surface area contributed by atoms with Gasteiger partial charge in [-0.25, -0.2) is 19.2 Å². The molecule has 0 saturated heterocycles. The summed E-state index contributed by atoms with van der Waals surface area (Å²) in [6.07, 6.45) is 2.77. The third-order valence-electron chi connectivity index (χ3n) is 3.71. The number of rotatable bonds is 5. The number of esters is 1. The van der Waals surface area contributed by atoms with Crippen molar-refractivity contribution in [3.05, 3.63) is 57.5 Å². The predicted molar refractivity (Wildman–Crippen MR) is 111 cm³/mol. The fourth-order valence-electron chi connectivity index (χ4n) is 2.39. The Morgan fingerprint density at radius 3 is 2.59 bits per heavy atom. The Morgan fingerprint density at radius 2 is 1.97 bits per heavy atom. The van der Waals surface area contributed by atoms with Gasteiger partial charge in [-0.1, -0.05) is 6.07 Å². The maximum absolute atomic E-state index is 14.5. The summed E-state index contributed by atoms with van der Waals surface area (Å²) in [5.74, 6) is -0.956. The number of nitrogens with zero attached hydrogens (tertiary/aromatic N) is 3. The van der Waals surface area contributed by atoms with E-state index in [1.54, 1.807) is 33.0 Å². The summed E-state index contributed by atoms with van der Waals surface area (Å²) in [4.78, 5) is 21.2. The third-order valence-corrected chi connectivity index (χ3v) is 5.06. The summed E-state index contributed by atoms with van der Waals surface area (Å²) in [5, 5.41) is 0. The lowest BCUT2D eigenvalue weighted by atomic mass is 10.1. The molecule has 3 aromatic rings. The average molecular weight is 480 g/mol. The van der Waals surface area contributed by atoms with E-state index in [1.165, 1.54) is 29.9 Å². The Bertz CT molecular complexity index is 1020. The van der Waals surface area contributed by atoms with Crippen molar-refractivity contribution in [2.75, 3.05) is 0 Å². The first kappa shape index (κ1) is 21.3. The molecule has 0 aliphatic carbocycles. The molecule has 0 amide bonds. The number of carbonyl (C=O) groups excluding carboxylic acids is 1. The van der Waals surface area contributed by atoms with E-state index in [2.05, 4.69) is 30.3 Å². The van der Waals surface area contributed by atoms with E-state index in [-0.39, 0.29) is 11.7 Å². The second-order valence-electron chi connectivity index (χ2n) is 7.25. The monoisotopic (exact) mass is 479 g/mol. The number of benzene rings is 1. The van der Waals surface area contributed by atoms with Crippen molar-refractivity contribution in [2.24, 2.45) is 0 Å². The predicted octanol–water partition coefficient (Wildman–Crippen LogP) is 5.60. The van der Waals surface area contributed by atoms with Crippen molar-refractivity contribution in [3.8, 4) is 17.1 Å². The Balaban J connectivity index is 1.75. The first-order chi connectivity index (χ1) is 13.6. The van der Waals surface area contributed by atoms with E-state index in [1.807, 2.05) is 13.0 Å². The quantitative estimate of drug-likeness (QED) is 0.443. The molecule has 0 aliphatic heterocycles. The van der Waals surface area contributed by atoms with Gasteiger partial charge in [0.05, 0.1) is 28.5 Å². The van der Waals surface area contributed by atoms with Crippen LogP contribution in [0.1, 0.15) is 49.0 Å². The Morgan fingerprint density at radius 1 is 1.21 bits per heavy atom. The van der Waals surface area contributed by atoms with E-state index >= 15 is 0 Å². The minimum Gasteiger partial charge on any atom is -0.468 e. The number of hydrogen-bond donors (Lipinski definition) is 0. The van der Waals surface area contributed by atoms with E-state index in [0.717, 1.165) is 4.88 Å². The van der Waals surface area contributed by atoms with Crippen LogP contribution in [0, 0.1) is 5.82 Å². The summed E-state index contributed by atoms with van der Waals surface area (Å²) in [6, 6.07) is 6.16. The van der Waals surface area contributed by atoms with Crippen molar-refractivity contribution in [3.63, 3.8) is 0 Å². The minimum atomic E-state index is -0.696. The second kappa shape index (κ2) is 8.54. The Hall–Kier alpha value is -2.39. The van der Waals surface area contributed by atoms with Gasteiger partial charge in [-0.2, -0.15) is 4.37 Å². The number of hydrogen-bond acceptors (Lipinski definition) is 7. The smallest absolute Gasteiger partial charge is 0.341 e. The van der Waals surface area contributed by atoms with Gasteiger partial charge in [-0.3, -0.25) is 0 Å². The molecule has 9 heteroatoms. The molecule has 0 N–H and O–H groups in total. The largest absolute Gasteiger partial charge is 0.468 e. The molecule has 0 spiro atoms. The van der Waals surface area contributed by atoms with Crippen LogP contribution in [0.3, 0.4) is 0 Å². The minimum absolute atomic E-state index is 0.107. The lowest BCUT2D eigenvalue weighted by Gasteiger charge is -2.19. The molecule has 1 atom stereocenters. The number of halogens is 2. The average Bonchev–Trinajstić information content (AvgIpc) is 3.12. The molecule has 3 rings (SSSR count). The Kier molecular flexibility index (Phi) is 6.28. The van der Waals surface area contributed by atoms with Gasteiger partial charge in [0.2, 0.25) is 5.88 Å². The van der Waals surface area contributed by atoms with Crippen LogP contribution in [-0.2, 0) is 4.74 Å². The molecular weight excluding hydrogens is 461 g/mol. The standard InChI is InChI=1S/C20H19BrFN3O3S/c1-11(27-18-10-23-17(21)9-24-18)16-8-15(25-29-16)12-5-6-13(14(22)7-12)19(26)28-20(2,3)4/h5-11H,1-4H3. The van der Waals surface area contributed by atoms with Crippen LogP contribution in [0.15, 0.2) is 41.3 Å². The van der Waals surface area contributed by atoms with Crippen molar-refractivity contribution < 1.29 is 18.7 Å². The molecule has 0 radical (unpaired) electrons. The van der Waals surface area contributed by atoms with Gasteiger partial charge in [0.1, 0.15) is 22.1 Å². The van der Waals surface area contributed by atoms with Gasteiger partial charge in [0.25, 0.3) is 0 Å². The normalized spacial score (nSPS) is 12.5. The zero-order valence-electron chi connectivity index (χ0n) is 16.3. The van der Waals surface area contributed by atoms with Crippen molar-refractivity contribution in [2.45, 2.75) is 39.4 Å². The van der Waals surface area contributed by atoms with Gasteiger partial charge in [0.15, 0.2) is 0 Å². The highest BCUT2D eigenvalue weighted by Gasteiger charge is 2.21. The molecule has 1 aromatic carbocycles. The molecule has 1 unspecified atom stereocenters. The van der Waals surface area contributed by atoms with Gasteiger partial charge in [-0.05, 0) is 73.4 Å². The molecule has 2 aromatic heterocycles. The molecular formula is C20H19BrFN3O3S. The highest BCUT2D eigenvalue weighted by molar-refractivity contribution is 9.10. The lowest BCUT2D eigenvalue weighted by Crippen LogP contribution is -2.24. The van der Waals surface area contributed by atoms with Gasteiger partial charge >= 0.3 is 5.97 Å². The molecule has 0 aliphatic rings. The van der Waals surface area contributed by atoms with E-state index in [9.17, 15) is 9.18 Å². The summed E-state index contributed by atoms with van der Waals surface area (Å²) in [7, 11) is 0. The zero-order valence-corrected chi connectivity index (χ0v) is 18.7. The topological polar surface area (TPSA) is 74.2 Å². The number of aromatic nitrogens is 3. The van der Waals surface area contributed by atoms with Gasteiger partial charge in [0, 0.05) is 5.56 Å². The second-order valence-corrected chi connectivity index (χ2v) is 8.90. The van der Waals surface area contributed by atoms with E-state index < -0.39 is 17.4 Å². The van der Waals surface area contributed by atoms with Crippen molar-refractivity contribution in [1.82, 2.24) is 14.3 Å². The lowest BCUT2D eigenvalue weighted by molar-refractivity contribution is 0.00647. The molecule has 0 bridgehead atoms. The van der Waals surface area contributed by atoms with Crippen LogP contribution in [0.4, 0.5) is 4.39 Å². The van der Waals surface area contributed by atoms with Crippen LogP contribution >= 0.6 is 27.5 Å². The summed E-state index contributed by atoms with van der Waals surface area (Å²) >= 11 is 4.48. The highest BCUT2D eigenvalue weighted by Crippen LogP contribution is 2.29. The van der Waals surface area contributed by atoms with Crippen LogP contribution in [0.25, 0.3) is 11.3 Å². The number of ether oxygens (including phenoxy) is 2. The van der Waals surface area contributed by atoms with Gasteiger partial charge < -0.3 is 9.47 Å². The molecule has 29 heavy (non-hydrogen) atoms. The summed E-state index contributed by atoms with van der Waals surface area (Å²) in [6.45, 7) is 7.07. The maximum atomic E-state index is 14.5.